The molecule has 0 radical (unpaired) electrons. The second kappa shape index (κ2) is 5.32. The fourth-order valence-electron chi connectivity index (χ4n) is 0.945. The lowest BCUT2D eigenvalue weighted by Gasteiger charge is -2.00. The molecule has 0 aromatic heterocycles. The first-order valence-corrected chi connectivity index (χ1v) is 6.09. The molecule has 0 fully saturated rings. The Morgan fingerprint density at radius 2 is 2.15 bits per heavy atom. The van der Waals surface area contributed by atoms with Crippen molar-refractivity contribution in [1.82, 2.24) is 0 Å². The van der Waals surface area contributed by atoms with Crippen LogP contribution in [0.2, 0.25) is 0 Å². The summed E-state index contributed by atoms with van der Waals surface area (Å²) in [4.78, 5) is 11.4. The van der Waals surface area contributed by atoms with Gasteiger partial charge >= 0.3 is 0 Å². The number of hydrogen-bond acceptors (Lipinski definition) is 1. The van der Waals surface area contributed by atoms with Gasteiger partial charge in [0.15, 0.2) is 5.78 Å². The first-order chi connectivity index (χ1) is 6.13. The summed E-state index contributed by atoms with van der Waals surface area (Å²) in [5, 5.41) is 0. The van der Waals surface area contributed by atoms with Gasteiger partial charge in [-0.25, -0.2) is 0 Å². The molecule has 1 rings (SSSR count). The van der Waals surface area contributed by atoms with Gasteiger partial charge in [0.1, 0.15) is 0 Å². The van der Waals surface area contributed by atoms with Crippen LogP contribution in [0.5, 0.6) is 0 Å². The van der Waals surface area contributed by atoms with Gasteiger partial charge in [0.2, 0.25) is 0 Å². The Hall–Kier alpha value is 0.390. The zero-order valence-electron chi connectivity index (χ0n) is 6.69. The Morgan fingerprint density at radius 1 is 1.46 bits per heavy atom. The highest BCUT2D eigenvalue weighted by Crippen LogP contribution is 2.18. The number of rotatable bonds is 3. The van der Waals surface area contributed by atoms with Crippen LogP contribution in [-0.4, -0.2) is 11.7 Å². The number of carbonyl (C=O) groups is 1. The van der Waals surface area contributed by atoms with Crippen LogP contribution in [-0.2, 0) is 0 Å². The maximum atomic E-state index is 11.4. The van der Waals surface area contributed by atoms with E-state index < -0.39 is 0 Å². The van der Waals surface area contributed by atoms with Gasteiger partial charge in [-0.05, 0) is 40.8 Å². The van der Waals surface area contributed by atoms with Crippen LogP contribution in [0.1, 0.15) is 16.8 Å². The standard InChI is InChI=1S/C9H7BrClIO/c10-7-3-6(4-8(12)5-7)9(13)1-2-11/h3-5H,1-2H2. The predicted octanol–water partition coefficient (Wildman–Crippen LogP) is 3.87. The normalized spacial score (nSPS) is 10.1. The van der Waals surface area contributed by atoms with Crippen LogP contribution < -0.4 is 0 Å². The zero-order valence-corrected chi connectivity index (χ0v) is 11.2. The molecular weight excluding hydrogens is 366 g/mol. The number of hydrogen-bond donors (Lipinski definition) is 0. The summed E-state index contributed by atoms with van der Waals surface area (Å²) in [5.41, 5.74) is 0.722. The molecule has 1 aromatic carbocycles. The molecule has 0 heterocycles. The molecule has 1 aromatic rings. The first-order valence-electron chi connectivity index (χ1n) is 3.68. The van der Waals surface area contributed by atoms with Gasteiger partial charge in [-0.3, -0.25) is 4.79 Å². The Labute approximate surface area is 104 Å². The van der Waals surface area contributed by atoms with E-state index in [0.717, 1.165) is 13.6 Å². The molecule has 1 nitrogen and oxygen atoms in total. The highest BCUT2D eigenvalue weighted by atomic mass is 127. The molecule has 0 atom stereocenters. The van der Waals surface area contributed by atoms with Crippen LogP contribution in [0.15, 0.2) is 22.7 Å². The number of Topliss-reactive ketones (excluding diaryl/α,β-unsaturated/α-hetero) is 1. The zero-order chi connectivity index (χ0) is 9.84. The Balaban J connectivity index is 2.94. The lowest BCUT2D eigenvalue weighted by atomic mass is 10.1. The van der Waals surface area contributed by atoms with Crippen molar-refractivity contribution < 1.29 is 4.79 Å². The Kier molecular flexibility index (Phi) is 4.69. The summed E-state index contributed by atoms with van der Waals surface area (Å²) in [6.07, 6.45) is 0.397. The topological polar surface area (TPSA) is 17.1 Å². The van der Waals surface area contributed by atoms with E-state index in [2.05, 4.69) is 38.5 Å². The number of ketones is 1. The average Bonchev–Trinajstić information content (AvgIpc) is 2.03. The minimum atomic E-state index is 0.0919. The average molecular weight is 373 g/mol. The van der Waals surface area contributed by atoms with Crippen molar-refractivity contribution in [3.8, 4) is 0 Å². The Morgan fingerprint density at radius 3 is 2.69 bits per heavy atom. The number of alkyl halides is 1. The van der Waals surface area contributed by atoms with Crippen molar-refractivity contribution >= 4 is 55.9 Å². The fraction of sp³-hybridized carbons (Fsp3) is 0.222. The summed E-state index contributed by atoms with van der Waals surface area (Å²) in [7, 11) is 0. The van der Waals surface area contributed by atoms with Crippen LogP contribution >= 0.6 is 50.1 Å². The molecule has 0 aliphatic heterocycles. The second-order valence-electron chi connectivity index (χ2n) is 2.52. The van der Waals surface area contributed by atoms with Crippen molar-refractivity contribution in [3.05, 3.63) is 31.8 Å². The maximum Gasteiger partial charge on any atom is 0.164 e. The smallest absolute Gasteiger partial charge is 0.164 e. The molecule has 0 saturated heterocycles. The molecule has 0 aliphatic rings. The lowest BCUT2D eigenvalue weighted by molar-refractivity contribution is 0.0989. The van der Waals surface area contributed by atoms with E-state index in [4.69, 9.17) is 11.6 Å². The van der Waals surface area contributed by atoms with E-state index in [-0.39, 0.29) is 5.78 Å². The van der Waals surface area contributed by atoms with Gasteiger partial charge in [-0.15, -0.1) is 11.6 Å². The van der Waals surface area contributed by atoms with E-state index in [9.17, 15) is 4.79 Å². The molecule has 0 aliphatic carbocycles. The van der Waals surface area contributed by atoms with E-state index in [1.165, 1.54) is 0 Å². The molecule has 0 amide bonds. The fourth-order valence-corrected chi connectivity index (χ4v) is 2.71. The van der Waals surface area contributed by atoms with Gasteiger partial charge in [0.25, 0.3) is 0 Å². The summed E-state index contributed by atoms with van der Waals surface area (Å²) >= 11 is 11.0. The monoisotopic (exact) mass is 372 g/mol. The number of carbonyl (C=O) groups excluding carboxylic acids is 1. The summed E-state index contributed by atoms with van der Waals surface area (Å²) in [6.45, 7) is 0. The minimum absolute atomic E-state index is 0.0919. The maximum absolute atomic E-state index is 11.4. The van der Waals surface area contributed by atoms with E-state index in [1.807, 2.05) is 18.2 Å². The van der Waals surface area contributed by atoms with Crippen molar-refractivity contribution in [2.45, 2.75) is 6.42 Å². The molecular formula is C9H7BrClIO. The molecule has 0 N–H and O–H groups in total. The second-order valence-corrected chi connectivity index (χ2v) is 5.06. The van der Waals surface area contributed by atoms with Crippen LogP contribution in [0.3, 0.4) is 0 Å². The summed E-state index contributed by atoms with van der Waals surface area (Å²) in [5.74, 6) is 0.469. The summed E-state index contributed by atoms with van der Waals surface area (Å²) < 4.78 is 1.97. The van der Waals surface area contributed by atoms with Gasteiger partial charge in [0, 0.05) is 25.9 Å². The predicted molar refractivity (Wildman–Crippen MR) is 66.5 cm³/mol. The van der Waals surface area contributed by atoms with Gasteiger partial charge in [-0.2, -0.15) is 0 Å². The molecule has 13 heavy (non-hydrogen) atoms. The third-order valence-electron chi connectivity index (χ3n) is 1.51. The van der Waals surface area contributed by atoms with Crippen molar-refractivity contribution in [2.75, 3.05) is 5.88 Å². The minimum Gasteiger partial charge on any atom is -0.294 e. The third kappa shape index (κ3) is 3.56. The highest BCUT2D eigenvalue weighted by Gasteiger charge is 2.06. The van der Waals surface area contributed by atoms with Crippen molar-refractivity contribution in [2.24, 2.45) is 0 Å². The lowest BCUT2D eigenvalue weighted by Crippen LogP contribution is -1.99. The van der Waals surface area contributed by atoms with Crippen LogP contribution in [0, 0.1) is 3.57 Å². The van der Waals surface area contributed by atoms with E-state index in [0.29, 0.717) is 12.3 Å². The van der Waals surface area contributed by atoms with Gasteiger partial charge in [0.05, 0.1) is 0 Å². The third-order valence-corrected chi connectivity index (χ3v) is 2.78. The van der Waals surface area contributed by atoms with E-state index >= 15 is 0 Å². The van der Waals surface area contributed by atoms with Crippen LogP contribution in [0.25, 0.3) is 0 Å². The largest absolute Gasteiger partial charge is 0.294 e. The first kappa shape index (κ1) is 11.5. The molecule has 0 bridgehead atoms. The summed E-state index contributed by atoms with van der Waals surface area (Å²) in [6, 6.07) is 5.63. The van der Waals surface area contributed by atoms with E-state index in [1.54, 1.807) is 0 Å². The molecule has 0 spiro atoms. The molecule has 0 unspecified atom stereocenters. The number of benzene rings is 1. The SMILES string of the molecule is O=C(CCCl)c1cc(Br)cc(I)c1. The number of halogens is 3. The molecule has 4 heteroatoms. The molecule has 70 valence electrons. The molecule has 0 saturated carbocycles. The highest BCUT2D eigenvalue weighted by molar-refractivity contribution is 14.1. The van der Waals surface area contributed by atoms with Crippen molar-refractivity contribution in [3.63, 3.8) is 0 Å². The van der Waals surface area contributed by atoms with Crippen molar-refractivity contribution in [1.29, 1.82) is 0 Å². The van der Waals surface area contributed by atoms with Gasteiger partial charge < -0.3 is 0 Å². The van der Waals surface area contributed by atoms with Crippen LogP contribution in [0.4, 0.5) is 0 Å². The quantitative estimate of drug-likeness (QED) is 0.447. The Bertz CT molecular complexity index is 307. The van der Waals surface area contributed by atoms with Gasteiger partial charge in [-0.1, -0.05) is 15.9 Å².